The molecule has 1 aliphatic rings. The summed E-state index contributed by atoms with van der Waals surface area (Å²) in [4.78, 5) is 4.84. The van der Waals surface area contributed by atoms with Crippen molar-refractivity contribution < 1.29 is 26.4 Å². The van der Waals surface area contributed by atoms with Crippen LogP contribution in [0.3, 0.4) is 0 Å². The van der Waals surface area contributed by atoms with E-state index < -0.39 is 21.8 Å². The monoisotopic (exact) mass is 378 g/mol. The predicted molar refractivity (Wildman–Crippen MR) is 87.7 cm³/mol. The lowest BCUT2D eigenvalue weighted by molar-refractivity contribution is -0.137. The molecule has 1 saturated heterocycles. The number of hydrogen-bond acceptors (Lipinski definition) is 4. The standard InChI is InChI=1S/C16H21F3N2O3S/c1-12(2)11-24-20-14-6-8-21(9-7-14)25(22,23)15-5-3-4-13(10-15)16(17,18)19/h3-5,10,12H,6-9,11H2,1-2H3. The van der Waals surface area contributed by atoms with Crippen molar-refractivity contribution in [2.24, 2.45) is 11.1 Å². The van der Waals surface area contributed by atoms with Gasteiger partial charge in [0.2, 0.25) is 10.0 Å². The van der Waals surface area contributed by atoms with Crippen molar-refractivity contribution >= 4 is 15.7 Å². The minimum atomic E-state index is -4.58. The Balaban J connectivity index is 2.07. The molecular formula is C16H21F3N2O3S. The Bertz CT molecular complexity index is 720. The van der Waals surface area contributed by atoms with Gasteiger partial charge in [-0.15, -0.1) is 0 Å². The Morgan fingerprint density at radius 3 is 2.44 bits per heavy atom. The third-order valence-electron chi connectivity index (χ3n) is 3.70. The number of hydrogen-bond donors (Lipinski definition) is 0. The SMILES string of the molecule is CC(C)CON=C1CCN(S(=O)(=O)c2cccc(C(F)(F)F)c2)CC1. The maximum atomic E-state index is 12.8. The molecule has 0 atom stereocenters. The van der Waals surface area contributed by atoms with Gasteiger partial charge >= 0.3 is 6.18 Å². The lowest BCUT2D eigenvalue weighted by Crippen LogP contribution is -2.38. The molecule has 1 aliphatic heterocycles. The van der Waals surface area contributed by atoms with Gasteiger partial charge in [0, 0.05) is 25.9 Å². The summed E-state index contributed by atoms with van der Waals surface area (Å²) in [6.45, 7) is 4.80. The van der Waals surface area contributed by atoms with E-state index in [0.717, 1.165) is 17.8 Å². The zero-order valence-corrected chi connectivity index (χ0v) is 14.9. The highest BCUT2D eigenvalue weighted by Crippen LogP contribution is 2.31. The second-order valence-corrected chi connectivity index (χ2v) is 8.21. The van der Waals surface area contributed by atoms with E-state index in [4.69, 9.17) is 4.84 Å². The number of alkyl halides is 3. The summed E-state index contributed by atoms with van der Waals surface area (Å²) in [7, 11) is -3.96. The molecule has 0 bridgehead atoms. The first-order chi connectivity index (χ1) is 11.6. The van der Waals surface area contributed by atoms with Crippen LogP contribution >= 0.6 is 0 Å². The van der Waals surface area contributed by atoms with E-state index in [-0.39, 0.29) is 18.0 Å². The van der Waals surface area contributed by atoms with E-state index in [9.17, 15) is 21.6 Å². The van der Waals surface area contributed by atoms with Crippen LogP contribution in [0.25, 0.3) is 0 Å². The normalized spacial score (nSPS) is 17.0. The molecule has 0 radical (unpaired) electrons. The maximum absolute atomic E-state index is 12.8. The van der Waals surface area contributed by atoms with Gasteiger partial charge in [0.15, 0.2) is 0 Å². The van der Waals surface area contributed by atoms with E-state index in [1.165, 1.54) is 10.4 Å². The average Bonchev–Trinajstić information content (AvgIpc) is 2.54. The molecule has 1 aromatic rings. The van der Waals surface area contributed by atoms with Crippen molar-refractivity contribution in [1.29, 1.82) is 0 Å². The fourth-order valence-corrected chi connectivity index (χ4v) is 3.82. The third kappa shape index (κ3) is 5.18. The number of halogens is 3. The van der Waals surface area contributed by atoms with E-state index in [1.54, 1.807) is 0 Å². The highest BCUT2D eigenvalue weighted by Gasteiger charge is 2.33. The van der Waals surface area contributed by atoms with Crippen LogP contribution in [-0.2, 0) is 21.0 Å². The molecule has 1 aromatic carbocycles. The molecule has 0 N–H and O–H groups in total. The number of piperidine rings is 1. The van der Waals surface area contributed by atoms with Crippen LogP contribution in [0.2, 0.25) is 0 Å². The van der Waals surface area contributed by atoms with Crippen molar-refractivity contribution in [2.75, 3.05) is 19.7 Å². The zero-order chi connectivity index (χ0) is 18.7. The topological polar surface area (TPSA) is 59.0 Å². The molecule has 140 valence electrons. The van der Waals surface area contributed by atoms with Crippen LogP contribution in [-0.4, -0.2) is 38.1 Å². The van der Waals surface area contributed by atoms with Crippen LogP contribution in [0.15, 0.2) is 34.3 Å². The fraction of sp³-hybridized carbons (Fsp3) is 0.562. The lowest BCUT2D eigenvalue weighted by atomic mass is 10.1. The first-order valence-corrected chi connectivity index (χ1v) is 9.40. The minimum absolute atomic E-state index is 0.169. The molecule has 9 heteroatoms. The van der Waals surface area contributed by atoms with Gasteiger partial charge in [0.05, 0.1) is 16.2 Å². The van der Waals surface area contributed by atoms with Crippen LogP contribution in [0.5, 0.6) is 0 Å². The highest BCUT2D eigenvalue weighted by atomic mass is 32.2. The molecule has 0 amide bonds. The van der Waals surface area contributed by atoms with Gasteiger partial charge in [0.25, 0.3) is 0 Å². The van der Waals surface area contributed by atoms with Crippen LogP contribution < -0.4 is 0 Å². The highest BCUT2D eigenvalue weighted by molar-refractivity contribution is 7.89. The quantitative estimate of drug-likeness (QED) is 0.737. The second kappa shape index (κ2) is 7.74. The summed E-state index contributed by atoms with van der Waals surface area (Å²) in [6, 6.07) is 3.81. The summed E-state index contributed by atoms with van der Waals surface area (Å²) >= 11 is 0. The molecule has 0 aromatic heterocycles. The minimum Gasteiger partial charge on any atom is -0.396 e. The van der Waals surface area contributed by atoms with E-state index in [2.05, 4.69) is 5.16 Å². The van der Waals surface area contributed by atoms with Crippen LogP contribution in [0.4, 0.5) is 13.2 Å². The van der Waals surface area contributed by atoms with Crippen molar-refractivity contribution in [3.8, 4) is 0 Å². The van der Waals surface area contributed by atoms with Crippen molar-refractivity contribution in [2.45, 2.75) is 37.8 Å². The summed E-state index contributed by atoms with van der Waals surface area (Å²) in [5, 5.41) is 4.01. The van der Waals surface area contributed by atoms with Gasteiger partial charge in [0.1, 0.15) is 6.61 Å². The van der Waals surface area contributed by atoms with Crippen molar-refractivity contribution in [1.82, 2.24) is 4.31 Å². The molecule has 0 spiro atoms. The first kappa shape index (κ1) is 19.7. The predicted octanol–water partition coefficient (Wildman–Crippen LogP) is 3.52. The Morgan fingerprint density at radius 1 is 1.24 bits per heavy atom. The summed E-state index contributed by atoms with van der Waals surface area (Å²) in [6.07, 6.45) is -3.78. The summed E-state index contributed by atoms with van der Waals surface area (Å²) < 4.78 is 64.7. The van der Waals surface area contributed by atoms with Gasteiger partial charge in [-0.1, -0.05) is 25.1 Å². The molecule has 1 heterocycles. The van der Waals surface area contributed by atoms with Gasteiger partial charge in [-0.3, -0.25) is 0 Å². The molecule has 1 fully saturated rings. The third-order valence-corrected chi connectivity index (χ3v) is 5.59. The maximum Gasteiger partial charge on any atom is 0.416 e. The average molecular weight is 378 g/mol. The number of rotatable bonds is 5. The van der Waals surface area contributed by atoms with Gasteiger partial charge in [-0.25, -0.2) is 8.42 Å². The summed E-state index contributed by atoms with van der Waals surface area (Å²) in [5.74, 6) is 0.339. The molecular weight excluding hydrogens is 357 g/mol. The largest absolute Gasteiger partial charge is 0.416 e. The van der Waals surface area contributed by atoms with E-state index in [0.29, 0.717) is 31.4 Å². The second-order valence-electron chi connectivity index (χ2n) is 6.28. The number of sulfonamides is 1. The van der Waals surface area contributed by atoms with Crippen LogP contribution in [0.1, 0.15) is 32.3 Å². The van der Waals surface area contributed by atoms with Gasteiger partial charge in [-0.05, 0) is 24.1 Å². The fourth-order valence-electron chi connectivity index (χ4n) is 2.34. The Kier molecular flexibility index (Phi) is 6.10. The van der Waals surface area contributed by atoms with E-state index >= 15 is 0 Å². The zero-order valence-electron chi connectivity index (χ0n) is 14.1. The Labute approximate surface area is 145 Å². The lowest BCUT2D eigenvalue weighted by Gasteiger charge is -2.27. The van der Waals surface area contributed by atoms with E-state index in [1.807, 2.05) is 13.8 Å². The van der Waals surface area contributed by atoms with Crippen LogP contribution in [0, 0.1) is 5.92 Å². The number of nitrogens with zero attached hydrogens (tertiary/aromatic N) is 2. The molecule has 25 heavy (non-hydrogen) atoms. The first-order valence-electron chi connectivity index (χ1n) is 7.96. The molecule has 0 aliphatic carbocycles. The smallest absolute Gasteiger partial charge is 0.396 e. The van der Waals surface area contributed by atoms with Gasteiger partial charge in [-0.2, -0.15) is 17.5 Å². The van der Waals surface area contributed by atoms with Crippen molar-refractivity contribution in [3.05, 3.63) is 29.8 Å². The Hall–Kier alpha value is -1.61. The number of oxime groups is 1. The molecule has 0 saturated carbocycles. The molecule has 5 nitrogen and oxygen atoms in total. The summed E-state index contributed by atoms with van der Waals surface area (Å²) in [5.41, 5.74) is -0.217. The Morgan fingerprint density at radius 2 is 1.88 bits per heavy atom. The molecule has 0 unspecified atom stereocenters. The number of benzene rings is 1. The molecule has 2 rings (SSSR count). The van der Waals surface area contributed by atoms with Gasteiger partial charge < -0.3 is 4.84 Å². The van der Waals surface area contributed by atoms with Crippen molar-refractivity contribution in [3.63, 3.8) is 0 Å².